The summed E-state index contributed by atoms with van der Waals surface area (Å²) in [5, 5.41) is 21.8. The highest BCUT2D eigenvalue weighted by Crippen LogP contribution is 2.34. The SMILES string of the molecule is NS(=O)(=O)OC[C@@H]1C[C@@H](Nc2cc(N[C@H]3CCc4ccccc43)ncn2)C[C@@H]1O. The third-order valence-electron chi connectivity index (χ3n) is 5.58. The van der Waals surface area contributed by atoms with E-state index in [1.54, 1.807) is 0 Å². The Morgan fingerprint density at radius 3 is 2.72 bits per heavy atom. The first-order valence-electron chi connectivity index (χ1n) is 9.65. The highest BCUT2D eigenvalue weighted by atomic mass is 32.2. The van der Waals surface area contributed by atoms with Crippen LogP contribution in [0.3, 0.4) is 0 Å². The third-order valence-corrected chi connectivity index (χ3v) is 6.04. The van der Waals surface area contributed by atoms with Gasteiger partial charge in [0.2, 0.25) is 0 Å². The zero-order chi connectivity index (χ0) is 20.4. The first-order valence-corrected chi connectivity index (χ1v) is 11.1. The van der Waals surface area contributed by atoms with Gasteiger partial charge in [0.15, 0.2) is 0 Å². The molecule has 0 unspecified atom stereocenters. The molecule has 0 radical (unpaired) electrons. The largest absolute Gasteiger partial charge is 0.393 e. The molecular weight excluding hydrogens is 394 g/mol. The Morgan fingerprint density at radius 2 is 1.93 bits per heavy atom. The van der Waals surface area contributed by atoms with Crippen LogP contribution in [0.2, 0.25) is 0 Å². The lowest BCUT2D eigenvalue weighted by molar-refractivity contribution is 0.101. The molecule has 0 amide bonds. The smallest absolute Gasteiger partial charge is 0.333 e. The van der Waals surface area contributed by atoms with Crippen molar-refractivity contribution in [2.24, 2.45) is 11.1 Å². The van der Waals surface area contributed by atoms with Gasteiger partial charge in [-0.3, -0.25) is 4.18 Å². The van der Waals surface area contributed by atoms with Crippen molar-refractivity contribution in [3.8, 4) is 0 Å². The van der Waals surface area contributed by atoms with Crippen LogP contribution in [0.25, 0.3) is 0 Å². The van der Waals surface area contributed by atoms with Gasteiger partial charge in [-0.2, -0.15) is 8.42 Å². The Bertz CT molecular complexity index is 971. The summed E-state index contributed by atoms with van der Waals surface area (Å²) in [6.07, 6.45) is 3.93. The highest BCUT2D eigenvalue weighted by molar-refractivity contribution is 7.84. The van der Waals surface area contributed by atoms with Crippen LogP contribution in [-0.2, 0) is 20.9 Å². The zero-order valence-electron chi connectivity index (χ0n) is 15.9. The molecule has 1 aromatic heterocycles. The minimum Gasteiger partial charge on any atom is -0.393 e. The number of rotatable bonds is 7. The molecule has 0 bridgehead atoms. The number of nitrogens with one attached hydrogen (secondary N) is 2. The number of hydrogen-bond donors (Lipinski definition) is 4. The van der Waals surface area contributed by atoms with Gasteiger partial charge in [0, 0.05) is 18.0 Å². The lowest BCUT2D eigenvalue weighted by Crippen LogP contribution is -2.24. The predicted octanol–water partition coefficient (Wildman–Crippen LogP) is 1.35. The van der Waals surface area contributed by atoms with Crippen LogP contribution in [0.15, 0.2) is 36.7 Å². The zero-order valence-corrected chi connectivity index (χ0v) is 16.7. The van der Waals surface area contributed by atoms with Crippen LogP contribution in [0, 0.1) is 5.92 Å². The van der Waals surface area contributed by atoms with E-state index in [4.69, 9.17) is 5.14 Å². The normalized spacial score (nSPS) is 26.3. The van der Waals surface area contributed by atoms with Crippen LogP contribution in [0.4, 0.5) is 11.6 Å². The second-order valence-electron chi connectivity index (χ2n) is 7.64. The molecule has 1 aromatic carbocycles. The molecule has 1 saturated carbocycles. The highest BCUT2D eigenvalue weighted by Gasteiger charge is 2.34. The summed E-state index contributed by atoms with van der Waals surface area (Å²) >= 11 is 0. The predicted molar refractivity (Wildman–Crippen MR) is 108 cm³/mol. The lowest BCUT2D eigenvalue weighted by atomic mass is 10.1. The summed E-state index contributed by atoms with van der Waals surface area (Å²) in [7, 11) is -4.01. The van der Waals surface area contributed by atoms with E-state index in [2.05, 4.69) is 43.0 Å². The Hall–Kier alpha value is -2.27. The number of aliphatic hydroxyl groups is 1. The van der Waals surface area contributed by atoms with Crippen molar-refractivity contribution < 1.29 is 17.7 Å². The molecule has 2 aliphatic carbocycles. The molecule has 4 rings (SSSR count). The lowest BCUT2D eigenvalue weighted by Gasteiger charge is -2.17. The fourth-order valence-corrected chi connectivity index (χ4v) is 4.56. The van der Waals surface area contributed by atoms with Gasteiger partial charge < -0.3 is 15.7 Å². The summed E-state index contributed by atoms with van der Waals surface area (Å²) in [4.78, 5) is 8.59. The molecule has 29 heavy (non-hydrogen) atoms. The van der Waals surface area contributed by atoms with Crippen molar-refractivity contribution in [3.05, 3.63) is 47.8 Å². The molecule has 2 aromatic rings. The monoisotopic (exact) mass is 419 g/mol. The maximum Gasteiger partial charge on any atom is 0.333 e. The first-order chi connectivity index (χ1) is 13.9. The fraction of sp³-hybridized carbons (Fsp3) is 0.474. The number of fused-ring (bicyclic) bond motifs is 1. The number of nitrogens with zero attached hydrogens (tertiary/aromatic N) is 2. The summed E-state index contributed by atoms with van der Waals surface area (Å²) in [5.74, 6) is 1.08. The number of aliphatic hydroxyl groups excluding tert-OH is 1. The van der Waals surface area contributed by atoms with Crippen molar-refractivity contribution in [2.45, 2.75) is 43.9 Å². The van der Waals surface area contributed by atoms with E-state index < -0.39 is 16.4 Å². The van der Waals surface area contributed by atoms with Crippen LogP contribution in [0.5, 0.6) is 0 Å². The molecular formula is C19H25N5O4S. The van der Waals surface area contributed by atoms with E-state index >= 15 is 0 Å². The average molecular weight is 420 g/mol. The van der Waals surface area contributed by atoms with E-state index in [0.717, 1.165) is 18.7 Å². The first kappa shape index (κ1) is 20.0. The number of nitrogens with two attached hydrogens (primary N) is 1. The maximum absolute atomic E-state index is 11.0. The van der Waals surface area contributed by atoms with E-state index in [-0.39, 0.29) is 24.6 Å². The van der Waals surface area contributed by atoms with Crippen LogP contribution < -0.4 is 15.8 Å². The van der Waals surface area contributed by atoms with Crippen LogP contribution >= 0.6 is 0 Å². The quantitative estimate of drug-likeness (QED) is 0.527. The molecule has 1 fully saturated rings. The van der Waals surface area contributed by atoms with E-state index in [1.165, 1.54) is 17.5 Å². The van der Waals surface area contributed by atoms with Crippen molar-refractivity contribution in [3.63, 3.8) is 0 Å². The number of benzene rings is 1. The third kappa shape index (κ3) is 5.02. The van der Waals surface area contributed by atoms with Crippen molar-refractivity contribution in [2.75, 3.05) is 17.2 Å². The van der Waals surface area contributed by atoms with Crippen molar-refractivity contribution in [1.29, 1.82) is 0 Å². The molecule has 0 saturated heterocycles. The summed E-state index contributed by atoms with van der Waals surface area (Å²) in [6, 6.07) is 10.4. The van der Waals surface area contributed by atoms with Crippen molar-refractivity contribution in [1.82, 2.24) is 9.97 Å². The number of hydrogen-bond acceptors (Lipinski definition) is 8. The van der Waals surface area contributed by atoms with Crippen LogP contribution in [0.1, 0.15) is 36.4 Å². The van der Waals surface area contributed by atoms with Gasteiger partial charge in [0.25, 0.3) is 0 Å². The summed E-state index contributed by atoms with van der Waals surface area (Å²) in [6.45, 7) is -0.129. The minimum atomic E-state index is -4.01. The second-order valence-corrected chi connectivity index (χ2v) is 8.86. The fourth-order valence-electron chi connectivity index (χ4n) is 4.19. The Morgan fingerprint density at radius 1 is 1.17 bits per heavy atom. The summed E-state index contributed by atoms with van der Waals surface area (Å²) in [5.41, 5.74) is 2.67. The number of anilines is 2. The molecule has 4 atom stereocenters. The Balaban J connectivity index is 1.36. The molecule has 1 heterocycles. The van der Waals surface area contributed by atoms with Gasteiger partial charge >= 0.3 is 10.3 Å². The topological polar surface area (TPSA) is 139 Å². The van der Waals surface area contributed by atoms with E-state index in [0.29, 0.717) is 18.7 Å². The van der Waals surface area contributed by atoms with Crippen molar-refractivity contribution >= 4 is 21.9 Å². The van der Waals surface area contributed by atoms with E-state index in [1.807, 2.05) is 12.1 Å². The maximum atomic E-state index is 11.0. The Labute approximate surface area is 170 Å². The number of aromatic nitrogens is 2. The molecule has 156 valence electrons. The molecule has 2 aliphatic rings. The van der Waals surface area contributed by atoms with Gasteiger partial charge in [0.1, 0.15) is 18.0 Å². The molecule has 10 heteroatoms. The summed E-state index contributed by atoms with van der Waals surface area (Å²) < 4.78 is 26.5. The Kier molecular flexibility index (Phi) is 5.68. The van der Waals surface area contributed by atoms with Gasteiger partial charge in [-0.1, -0.05) is 24.3 Å². The van der Waals surface area contributed by atoms with Gasteiger partial charge in [-0.25, -0.2) is 15.1 Å². The number of aryl methyl sites for hydroxylation is 1. The standard InChI is InChI=1S/C19H25N5O4S/c20-29(26,27)28-10-13-7-14(8-17(13)25)23-18-9-19(22-11-21-18)24-16-6-5-12-3-1-2-4-15(12)16/h1-4,9,11,13-14,16-17,25H,5-8,10H2,(H2,20,26,27)(H2,21,22,23,24)/t13-,14+,16-,17-/m0/s1. The van der Waals surface area contributed by atoms with Gasteiger partial charge in [0.05, 0.1) is 18.8 Å². The van der Waals surface area contributed by atoms with Gasteiger partial charge in [-0.05, 0) is 36.8 Å². The molecule has 9 nitrogen and oxygen atoms in total. The molecule has 0 aliphatic heterocycles. The second kappa shape index (κ2) is 8.23. The van der Waals surface area contributed by atoms with Gasteiger partial charge in [-0.15, -0.1) is 0 Å². The van der Waals surface area contributed by atoms with Crippen LogP contribution in [-0.4, -0.2) is 42.2 Å². The minimum absolute atomic E-state index is 0.0472. The average Bonchev–Trinajstić information content (AvgIpc) is 3.23. The molecule has 0 spiro atoms. The molecule has 5 N–H and O–H groups in total. The van der Waals surface area contributed by atoms with E-state index in [9.17, 15) is 13.5 Å².